The molecule has 0 aromatic heterocycles. The maximum atomic E-state index is 11.4. The topological polar surface area (TPSA) is 52.6 Å². The van der Waals surface area contributed by atoms with E-state index < -0.39 is 0 Å². The van der Waals surface area contributed by atoms with Crippen molar-refractivity contribution in [2.24, 2.45) is 0 Å². The van der Waals surface area contributed by atoms with Crippen LogP contribution in [-0.2, 0) is 19.1 Å². The van der Waals surface area contributed by atoms with Crippen molar-refractivity contribution in [3.8, 4) is 0 Å². The van der Waals surface area contributed by atoms with E-state index in [1.165, 1.54) is 0 Å². The summed E-state index contributed by atoms with van der Waals surface area (Å²) in [4.78, 5) is 22.7. The molecule has 0 rings (SSSR count). The number of carbonyl (C=O) groups is 2. The summed E-state index contributed by atoms with van der Waals surface area (Å²) in [5.74, 6) is -0.157. The third kappa shape index (κ3) is 16.8. The van der Waals surface area contributed by atoms with E-state index in [0.29, 0.717) is 26.1 Å². The summed E-state index contributed by atoms with van der Waals surface area (Å²) in [7, 11) is 0. The molecule has 0 heterocycles. The Kier molecular flexibility index (Phi) is 18.1. The second-order valence-electron chi connectivity index (χ2n) is 5.15. The van der Waals surface area contributed by atoms with E-state index in [9.17, 15) is 9.59 Å². The van der Waals surface area contributed by atoms with Crippen LogP contribution in [0.15, 0.2) is 0 Å². The number of halogens is 2. The number of unbranched alkanes of at least 4 members (excludes halogenated alkanes) is 5. The van der Waals surface area contributed by atoms with E-state index in [4.69, 9.17) is 9.47 Å². The van der Waals surface area contributed by atoms with Gasteiger partial charge in [-0.15, -0.1) is 0 Å². The lowest BCUT2D eigenvalue weighted by molar-refractivity contribution is -0.145. The standard InChI is InChI=1S/C16H28I2O4/c17-11-5-3-9-15(19)21-13-7-1-2-8-14-22-16(20)10-4-6-12-18/h1-14H2. The molecule has 0 bridgehead atoms. The Bertz CT molecular complexity index is 257. The van der Waals surface area contributed by atoms with Crippen LogP contribution in [0.1, 0.15) is 64.2 Å². The number of rotatable bonds is 15. The van der Waals surface area contributed by atoms with Gasteiger partial charge < -0.3 is 9.47 Å². The van der Waals surface area contributed by atoms with Gasteiger partial charge in [-0.1, -0.05) is 45.2 Å². The Morgan fingerprint density at radius 2 is 1.00 bits per heavy atom. The highest BCUT2D eigenvalue weighted by atomic mass is 127. The first-order valence-corrected chi connectivity index (χ1v) is 11.2. The van der Waals surface area contributed by atoms with Gasteiger partial charge in [0.05, 0.1) is 13.2 Å². The second kappa shape index (κ2) is 17.7. The molecule has 0 saturated carbocycles. The summed E-state index contributed by atoms with van der Waals surface area (Å²) in [6.07, 6.45) is 8.87. The van der Waals surface area contributed by atoms with Crippen LogP contribution in [0.2, 0.25) is 0 Å². The Balaban J connectivity index is 3.23. The maximum absolute atomic E-state index is 11.4. The number of esters is 2. The van der Waals surface area contributed by atoms with Gasteiger partial charge in [0, 0.05) is 12.8 Å². The molecule has 0 fully saturated rings. The molecule has 0 saturated heterocycles. The zero-order valence-corrected chi connectivity index (χ0v) is 17.6. The summed E-state index contributed by atoms with van der Waals surface area (Å²) < 4.78 is 12.5. The minimum Gasteiger partial charge on any atom is -0.466 e. The fraction of sp³-hybridized carbons (Fsp3) is 0.875. The Hall–Kier alpha value is 0.400. The molecule has 22 heavy (non-hydrogen) atoms. The van der Waals surface area contributed by atoms with Crippen molar-refractivity contribution >= 4 is 57.1 Å². The number of carbonyl (C=O) groups excluding carboxylic acids is 2. The molecule has 0 aromatic carbocycles. The van der Waals surface area contributed by atoms with Crippen LogP contribution in [0.4, 0.5) is 0 Å². The number of hydrogen-bond donors (Lipinski definition) is 0. The van der Waals surface area contributed by atoms with Gasteiger partial charge in [0.2, 0.25) is 0 Å². The third-order valence-electron chi connectivity index (χ3n) is 3.09. The van der Waals surface area contributed by atoms with E-state index in [0.717, 1.165) is 60.2 Å². The molecule has 0 aliphatic carbocycles. The molecule has 0 amide bonds. The third-order valence-corrected chi connectivity index (χ3v) is 4.62. The van der Waals surface area contributed by atoms with Crippen molar-refractivity contribution in [1.29, 1.82) is 0 Å². The number of ether oxygens (including phenoxy) is 2. The minimum absolute atomic E-state index is 0.0784. The lowest BCUT2D eigenvalue weighted by Crippen LogP contribution is -2.07. The van der Waals surface area contributed by atoms with Crippen LogP contribution >= 0.6 is 45.2 Å². The fourth-order valence-electron chi connectivity index (χ4n) is 1.80. The van der Waals surface area contributed by atoms with E-state index in [1.807, 2.05) is 0 Å². The highest BCUT2D eigenvalue weighted by molar-refractivity contribution is 14.1. The Morgan fingerprint density at radius 3 is 1.36 bits per heavy atom. The van der Waals surface area contributed by atoms with Crippen LogP contribution in [0.5, 0.6) is 0 Å². The van der Waals surface area contributed by atoms with Crippen molar-refractivity contribution < 1.29 is 19.1 Å². The van der Waals surface area contributed by atoms with E-state index in [2.05, 4.69) is 45.2 Å². The quantitative estimate of drug-likeness (QED) is 0.130. The minimum atomic E-state index is -0.0784. The first-order chi connectivity index (χ1) is 10.7. The first-order valence-electron chi connectivity index (χ1n) is 8.14. The molecule has 4 nitrogen and oxygen atoms in total. The fourth-order valence-corrected chi connectivity index (χ4v) is 2.88. The molecule has 0 aliphatic heterocycles. The van der Waals surface area contributed by atoms with Crippen molar-refractivity contribution in [1.82, 2.24) is 0 Å². The van der Waals surface area contributed by atoms with Crippen LogP contribution < -0.4 is 0 Å². The van der Waals surface area contributed by atoms with Gasteiger partial charge in [-0.25, -0.2) is 0 Å². The zero-order chi connectivity index (χ0) is 16.5. The number of alkyl halides is 2. The van der Waals surface area contributed by atoms with E-state index in [1.54, 1.807) is 0 Å². The van der Waals surface area contributed by atoms with Crippen LogP contribution in [0.25, 0.3) is 0 Å². The lowest BCUT2D eigenvalue weighted by atomic mass is 10.2. The summed E-state index contributed by atoms with van der Waals surface area (Å²) in [5, 5.41) is 0. The predicted octanol–water partition coefficient (Wildman–Crippen LogP) is 4.84. The van der Waals surface area contributed by atoms with Gasteiger partial charge in [0.15, 0.2) is 0 Å². The van der Waals surface area contributed by atoms with Crippen molar-refractivity contribution in [2.75, 3.05) is 22.1 Å². The molecule has 0 spiro atoms. The second-order valence-corrected chi connectivity index (χ2v) is 7.30. The smallest absolute Gasteiger partial charge is 0.305 e. The van der Waals surface area contributed by atoms with Gasteiger partial charge >= 0.3 is 11.9 Å². The van der Waals surface area contributed by atoms with Crippen LogP contribution in [0, 0.1) is 0 Å². The molecule has 0 unspecified atom stereocenters. The van der Waals surface area contributed by atoms with Crippen molar-refractivity contribution in [3.63, 3.8) is 0 Å². The van der Waals surface area contributed by atoms with Gasteiger partial charge in [0.1, 0.15) is 0 Å². The largest absolute Gasteiger partial charge is 0.466 e. The van der Waals surface area contributed by atoms with Crippen LogP contribution in [-0.4, -0.2) is 34.0 Å². The summed E-state index contributed by atoms with van der Waals surface area (Å²) in [6.45, 7) is 1.03. The maximum Gasteiger partial charge on any atom is 0.305 e. The summed E-state index contributed by atoms with van der Waals surface area (Å²) in [5.41, 5.74) is 0. The Labute approximate surface area is 161 Å². The predicted molar refractivity (Wildman–Crippen MR) is 106 cm³/mol. The molecule has 0 aromatic rings. The first kappa shape index (κ1) is 22.4. The molecule has 0 aliphatic rings. The van der Waals surface area contributed by atoms with Gasteiger partial charge in [0.25, 0.3) is 0 Å². The molecular formula is C16H28I2O4. The van der Waals surface area contributed by atoms with E-state index in [-0.39, 0.29) is 11.9 Å². The molecule has 0 radical (unpaired) electrons. The number of hydrogen-bond acceptors (Lipinski definition) is 4. The van der Waals surface area contributed by atoms with Gasteiger partial charge in [-0.2, -0.15) is 0 Å². The van der Waals surface area contributed by atoms with Gasteiger partial charge in [-0.05, 0) is 60.2 Å². The highest BCUT2D eigenvalue weighted by Gasteiger charge is 2.03. The average Bonchev–Trinajstić information content (AvgIpc) is 2.50. The molecular weight excluding hydrogens is 510 g/mol. The van der Waals surface area contributed by atoms with Crippen LogP contribution in [0.3, 0.4) is 0 Å². The average molecular weight is 538 g/mol. The Morgan fingerprint density at radius 1 is 0.591 bits per heavy atom. The SMILES string of the molecule is O=C(CCCCI)OCCCCCCOC(=O)CCCCI. The zero-order valence-electron chi connectivity index (χ0n) is 13.3. The monoisotopic (exact) mass is 538 g/mol. The molecule has 0 atom stereocenters. The summed E-state index contributed by atoms with van der Waals surface area (Å²) in [6, 6.07) is 0. The van der Waals surface area contributed by atoms with Gasteiger partial charge in [-0.3, -0.25) is 9.59 Å². The lowest BCUT2D eigenvalue weighted by Gasteiger charge is -2.06. The molecule has 0 N–H and O–H groups in total. The van der Waals surface area contributed by atoms with E-state index >= 15 is 0 Å². The molecule has 130 valence electrons. The summed E-state index contributed by atoms with van der Waals surface area (Å²) >= 11 is 4.63. The van der Waals surface area contributed by atoms with Crippen molar-refractivity contribution in [3.05, 3.63) is 0 Å². The highest BCUT2D eigenvalue weighted by Crippen LogP contribution is 2.05. The molecule has 6 heteroatoms. The van der Waals surface area contributed by atoms with Crippen molar-refractivity contribution in [2.45, 2.75) is 64.2 Å². The normalized spacial score (nSPS) is 10.5.